The van der Waals surface area contributed by atoms with Gasteiger partial charge in [0.2, 0.25) is 5.91 Å². The van der Waals surface area contributed by atoms with Gasteiger partial charge in [-0.1, -0.05) is 18.2 Å². The number of nitrogens with one attached hydrogen (secondary N) is 1. The van der Waals surface area contributed by atoms with Gasteiger partial charge in [0.15, 0.2) is 0 Å². The topological polar surface area (TPSA) is 49.3 Å². The number of rotatable bonds is 5. The summed E-state index contributed by atoms with van der Waals surface area (Å²) in [6.45, 7) is 1.14. The highest BCUT2D eigenvalue weighted by atomic mass is 19.1. The van der Waals surface area contributed by atoms with Crippen molar-refractivity contribution in [2.45, 2.75) is 24.9 Å². The summed E-state index contributed by atoms with van der Waals surface area (Å²) in [5.41, 5.74) is -1.00. The van der Waals surface area contributed by atoms with Gasteiger partial charge in [0.05, 0.1) is 6.54 Å². The second-order valence-electron chi connectivity index (χ2n) is 6.62. The lowest BCUT2D eigenvalue weighted by Gasteiger charge is -2.24. The van der Waals surface area contributed by atoms with Gasteiger partial charge in [-0.05, 0) is 43.0 Å². The minimum Gasteiger partial charge on any atom is -0.383 e. The van der Waals surface area contributed by atoms with Gasteiger partial charge >= 0.3 is 0 Å². The first-order chi connectivity index (χ1) is 11.8. The van der Waals surface area contributed by atoms with E-state index in [1.807, 2.05) is 0 Å². The number of halogens is 3. The van der Waals surface area contributed by atoms with Crippen molar-refractivity contribution in [1.82, 2.24) is 5.32 Å². The summed E-state index contributed by atoms with van der Waals surface area (Å²) in [7, 11) is 0. The lowest BCUT2D eigenvalue weighted by molar-refractivity contribution is -0.123. The molecule has 0 saturated heterocycles. The fraction of sp³-hybridized carbons (Fsp3) is 0.316. The molecule has 0 aliphatic heterocycles. The first-order valence-electron chi connectivity index (χ1n) is 7.99. The van der Waals surface area contributed by atoms with Crippen molar-refractivity contribution in [3.8, 4) is 0 Å². The van der Waals surface area contributed by atoms with Crippen molar-refractivity contribution >= 4 is 5.91 Å². The Morgan fingerprint density at radius 1 is 1.20 bits per heavy atom. The highest BCUT2D eigenvalue weighted by molar-refractivity contribution is 5.83. The van der Waals surface area contributed by atoms with Crippen molar-refractivity contribution in [2.24, 2.45) is 5.92 Å². The van der Waals surface area contributed by atoms with E-state index in [1.165, 1.54) is 19.1 Å². The molecule has 2 aromatic rings. The molecule has 0 radical (unpaired) electrons. The van der Waals surface area contributed by atoms with Crippen LogP contribution in [0.15, 0.2) is 42.5 Å². The quantitative estimate of drug-likeness (QED) is 0.871. The SMILES string of the molecule is CC(O)(CNC(=O)C1CC1c1cccc(F)c1)c1ccc(F)cc1F. The molecule has 0 spiro atoms. The fourth-order valence-corrected chi connectivity index (χ4v) is 3.00. The standard InChI is InChI=1S/C19H18F3NO2/c1-19(25,16-6-5-13(21)8-17(16)22)10-23-18(24)15-9-14(15)11-3-2-4-12(20)7-11/h2-8,14-15,25H,9-10H2,1H3,(H,23,24). The van der Waals surface area contributed by atoms with Gasteiger partial charge in [0.1, 0.15) is 23.1 Å². The molecule has 6 heteroatoms. The molecule has 3 atom stereocenters. The average Bonchev–Trinajstić information content (AvgIpc) is 3.33. The summed E-state index contributed by atoms with van der Waals surface area (Å²) in [5, 5.41) is 13.0. The molecule has 1 amide bonds. The number of hydrogen-bond donors (Lipinski definition) is 2. The maximum Gasteiger partial charge on any atom is 0.223 e. The molecule has 3 rings (SSSR count). The molecule has 25 heavy (non-hydrogen) atoms. The lowest BCUT2D eigenvalue weighted by Crippen LogP contribution is -2.40. The van der Waals surface area contributed by atoms with E-state index in [1.54, 1.807) is 12.1 Å². The second-order valence-corrected chi connectivity index (χ2v) is 6.62. The predicted molar refractivity (Wildman–Crippen MR) is 86.2 cm³/mol. The first kappa shape index (κ1) is 17.5. The molecule has 1 aliphatic rings. The van der Waals surface area contributed by atoms with Gasteiger partial charge in [0.25, 0.3) is 0 Å². The van der Waals surface area contributed by atoms with Crippen LogP contribution >= 0.6 is 0 Å². The Balaban J connectivity index is 1.61. The zero-order valence-corrected chi connectivity index (χ0v) is 13.6. The second kappa shape index (κ2) is 6.52. The molecule has 132 valence electrons. The van der Waals surface area contributed by atoms with Crippen molar-refractivity contribution < 1.29 is 23.1 Å². The number of carbonyl (C=O) groups excluding carboxylic acids is 1. The molecule has 2 aromatic carbocycles. The van der Waals surface area contributed by atoms with Crippen LogP contribution in [0.1, 0.15) is 30.4 Å². The smallest absolute Gasteiger partial charge is 0.223 e. The number of carbonyl (C=O) groups is 1. The van der Waals surface area contributed by atoms with E-state index in [0.29, 0.717) is 12.5 Å². The third-order valence-electron chi connectivity index (χ3n) is 4.52. The van der Waals surface area contributed by atoms with Crippen LogP contribution in [0.25, 0.3) is 0 Å². The molecule has 3 unspecified atom stereocenters. The maximum absolute atomic E-state index is 13.8. The van der Waals surface area contributed by atoms with Gasteiger partial charge in [-0.15, -0.1) is 0 Å². The molecule has 0 bridgehead atoms. The maximum atomic E-state index is 13.8. The molecule has 2 N–H and O–H groups in total. The molecule has 1 aliphatic carbocycles. The third-order valence-corrected chi connectivity index (χ3v) is 4.52. The number of amides is 1. The summed E-state index contributed by atoms with van der Waals surface area (Å²) < 4.78 is 40.0. The van der Waals surface area contributed by atoms with Crippen LogP contribution in [-0.2, 0) is 10.4 Å². The van der Waals surface area contributed by atoms with Crippen LogP contribution in [0.3, 0.4) is 0 Å². The molecule has 1 fully saturated rings. The highest BCUT2D eigenvalue weighted by Gasteiger charge is 2.44. The van der Waals surface area contributed by atoms with E-state index >= 15 is 0 Å². The third kappa shape index (κ3) is 3.85. The summed E-state index contributed by atoms with van der Waals surface area (Å²) >= 11 is 0. The summed E-state index contributed by atoms with van der Waals surface area (Å²) in [4.78, 5) is 12.2. The van der Waals surface area contributed by atoms with Crippen LogP contribution in [0.5, 0.6) is 0 Å². The van der Waals surface area contributed by atoms with Gasteiger partial charge in [-0.3, -0.25) is 4.79 Å². The molecular weight excluding hydrogens is 331 g/mol. The Morgan fingerprint density at radius 3 is 2.60 bits per heavy atom. The van der Waals surface area contributed by atoms with E-state index in [0.717, 1.165) is 17.7 Å². The van der Waals surface area contributed by atoms with Crippen molar-refractivity contribution in [2.75, 3.05) is 6.54 Å². The van der Waals surface area contributed by atoms with E-state index in [-0.39, 0.29) is 35.7 Å². The summed E-state index contributed by atoms with van der Waals surface area (Å²) in [5.74, 6) is -2.59. The van der Waals surface area contributed by atoms with Crippen LogP contribution in [0.4, 0.5) is 13.2 Å². The Bertz CT molecular complexity index is 807. The van der Waals surface area contributed by atoms with Crippen molar-refractivity contribution in [1.29, 1.82) is 0 Å². The minimum atomic E-state index is -1.67. The molecule has 3 nitrogen and oxygen atoms in total. The normalized spacial score (nSPS) is 21.5. The Labute approximate surface area is 143 Å². The highest BCUT2D eigenvalue weighted by Crippen LogP contribution is 2.47. The van der Waals surface area contributed by atoms with E-state index in [2.05, 4.69) is 5.32 Å². The zero-order chi connectivity index (χ0) is 18.2. The van der Waals surface area contributed by atoms with Gasteiger partial charge < -0.3 is 10.4 Å². The number of hydrogen-bond acceptors (Lipinski definition) is 2. The van der Waals surface area contributed by atoms with Gasteiger partial charge in [0, 0.05) is 17.5 Å². The van der Waals surface area contributed by atoms with Crippen LogP contribution in [0.2, 0.25) is 0 Å². The van der Waals surface area contributed by atoms with Crippen LogP contribution in [0, 0.1) is 23.4 Å². The van der Waals surface area contributed by atoms with Crippen molar-refractivity contribution in [3.63, 3.8) is 0 Å². The fourth-order valence-electron chi connectivity index (χ4n) is 3.00. The van der Waals surface area contributed by atoms with Crippen LogP contribution < -0.4 is 5.32 Å². The minimum absolute atomic E-state index is 0.0526. The number of benzene rings is 2. The number of aliphatic hydroxyl groups is 1. The van der Waals surface area contributed by atoms with Gasteiger partial charge in [-0.25, -0.2) is 13.2 Å². The Hall–Kier alpha value is -2.34. The monoisotopic (exact) mass is 349 g/mol. The Morgan fingerprint density at radius 2 is 1.92 bits per heavy atom. The zero-order valence-electron chi connectivity index (χ0n) is 13.6. The van der Waals surface area contributed by atoms with Crippen LogP contribution in [-0.4, -0.2) is 17.6 Å². The Kier molecular flexibility index (Phi) is 4.56. The molecule has 0 heterocycles. The molecule has 0 aromatic heterocycles. The average molecular weight is 349 g/mol. The molecule has 1 saturated carbocycles. The summed E-state index contributed by atoms with van der Waals surface area (Å²) in [6.07, 6.45) is 0.600. The first-order valence-corrected chi connectivity index (χ1v) is 7.99. The van der Waals surface area contributed by atoms with E-state index < -0.39 is 17.2 Å². The summed E-state index contributed by atoms with van der Waals surface area (Å²) in [6, 6.07) is 9.01. The largest absolute Gasteiger partial charge is 0.383 e. The molecular formula is C19H18F3NO2. The predicted octanol–water partition coefficient (Wildman–Crippen LogP) is 3.23. The van der Waals surface area contributed by atoms with E-state index in [9.17, 15) is 23.1 Å². The van der Waals surface area contributed by atoms with Gasteiger partial charge in [-0.2, -0.15) is 0 Å². The van der Waals surface area contributed by atoms with E-state index in [4.69, 9.17) is 0 Å². The lowest BCUT2D eigenvalue weighted by atomic mass is 9.95. The van der Waals surface area contributed by atoms with Crippen molar-refractivity contribution in [3.05, 3.63) is 71.0 Å².